The number of hydrogen-bond acceptors (Lipinski definition) is 6. The van der Waals surface area contributed by atoms with Gasteiger partial charge in [-0.25, -0.2) is 4.98 Å². The van der Waals surface area contributed by atoms with Gasteiger partial charge in [0.15, 0.2) is 5.58 Å². The number of nitrogens with zero attached hydrogens (tertiary/aromatic N) is 3. The molecule has 35 heavy (non-hydrogen) atoms. The number of aliphatic imine (C=N–C) groups is 1. The molecule has 1 N–H and O–H groups in total. The number of halogens is 1. The highest BCUT2D eigenvalue weighted by Gasteiger charge is 2.18. The minimum atomic E-state index is -0.597. The summed E-state index contributed by atoms with van der Waals surface area (Å²) in [4.78, 5) is 19.9. The smallest absolute Gasteiger partial charge is 0.311 e. The number of nitro benzene ring substituents is 1. The molecule has 0 saturated carbocycles. The third kappa shape index (κ3) is 4.90. The van der Waals surface area contributed by atoms with Crippen molar-refractivity contribution in [2.24, 2.45) is 4.99 Å². The Bertz CT molecular complexity index is 1580. The minimum absolute atomic E-state index is 0.255. The second kappa shape index (κ2) is 9.40. The molecule has 0 aliphatic carbocycles. The number of oxazole rings is 1. The van der Waals surface area contributed by atoms with Crippen LogP contribution >= 0.6 is 11.6 Å². The molecular weight excluding hydrogens is 466 g/mol. The molecule has 5 rings (SSSR count). The number of fused-ring (bicyclic) bond motifs is 1. The number of aromatic hydroxyl groups is 1. The van der Waals surface area contributed by atoms with Gasteiger partial charge in [0.05, 0.1) is 10.6 Å². The first-order valence-electron chi connectivity index (χ1n) is 10.7. The van der Waals surface area contributed by atoms with Crippen molar-refractivity contribution in [2.45, 2.75) is 6.42 Å². The minimum Gasteiger partial charge on any atom is -0.502 e. The Morgan fingerprint density at radius 1 is 1.00 bits per heavy atom. The zero-order valence-corrected chi connectivity index (χ0v) is 19.0. The first kappa shape index (κ1) is 22.3. The molecule has 0 aliphatic heterocycles. The van der Waals surface area contributed by atoms with Crippen LogP contribution in [0, 0.1) is 10.1 Å². The Hall–Kier alpha value is -4.49. The van der Waals surface area contributed by atoms with E-state index in [0.29, 0.717) is 39.7 Å². The molecule has 0 spiro atoms. The van der Waals surface area contributed by atoms with E-state index in [4.69, 9.17) is 16.0 Å². The van der Waals surface area contributed by atoms with Gasteiger partial charge in [-0.15, -0.1) is 0 Å². The largest absolute Gasteiger partial charge is 0.502 e. The van der Waals surface area contributed by atoms with Crippen molar-refractivity contribution in [1.82, 2.24) is 4.98 Å². The number of phenolic OH excluding ortho intramolecular Hbond substituents is 1. The van der Waals surface area contributed by atoms with E-state index in [0.717, 1.165) is 11.1 Å². The van der Waals surface area contributed by atoms with Crippen LogP contribution in [0.1, 0.15) is 16.7 Å². The molecule has 0 bridgehead atoms. The fourth-order valence-electron chi connectivity index (χ4n) is 3.76. The molecule has 0 saturated heterocycles. The Kier molecular flexibility index (Phi) is 5.99. The first-order valence-corrected chi connectivity index (χ1v) is 11.1. The van der Waals surface area contributed by atoms with Crippen LogP contribution in [-0.2, 0) is 6.42 Å². The molecule has 1 heterocycles. The number of benzene rings is 4. The van der Waals surface area contributed by atoms with Crippen LogP contribution in [-0.4, -0.2) is 21.2 Å². The van der Waals surface area contributed by atoms with Gasteiger partial charge in [-0.2, -0.15) is 0 Å². The maximum absolute atomic E-state index is 11.5. The normalized spacial score (nSPS) is 11.3. The zero-order chi connectivity index (χ0) is 24.4. The van der Waals surface area contributed by atoms with E-state index in [1.807, 2.05) is 42.5 Å². The van der Waals surface area contributed by atoms with Crippen molar-refractivity contribution in [3.05, 3.63) is 117 Å². The molecule has 172 valence electrons. The van der Waals surface area contributed by atoms with E-state index < -0.39 is 10.7 Å². The van der Waals surface area contributed by atoms with Crippen LogP contribution in [0.25, 0.3) is 22.6 Å². The monoisotopic (exact) mass is 483 g/mol. The zero-order valence-electron chi connectivity index (χ0n) is 18.3. The van der Waals surface area contributed by atoms with Gasteiger partial charge in [0.1, 0.15) is 5.52 Å². The van der Waals surface area contributed by atoms with E-state index >= 15 is 0 Å². The molecule has 0 aliphatic rings. The van der Waals surface area contributed by atoms with E-state index in [9.17, 15) is 15.2 Å². The Labute approximate surface area is 205 Å². The van der Waals surface area contributed by atoms with Crippen molar-refractivity contribution in [1.29, 1.82) is 0 Å². The van der Waals surface area contributed by atoms with Gasteiger partial charge in [-0.05, 0) is 60.0 Å². The molecule has 0 amide bonds. The molecule has 1 aromatic heterocycles. The second-order valence-corrected chi connectivity index (χ2v) is 8.35. The Balaban J connectivity index is 1.47. The lowest BCUT2D eigenvalue weighted by atomic mass is 10.0. The van der Waals surface area contributed by atoms with Crippen LogP contribution < -0.4 is 0 Å². The van der Waals surface area contributed by atoms with Crippen molar-refractivity contribution in [2.75, 3.05) is 0 Å². The van der Waals surface area contributed by atoms with E-state index in [1.54, 1.807) is 36.4 Å². The summed E-state index contributed by atoms with van der Waals surface area (Å²) in [5.74, 6) is 0.00632. The molecule has 8 heteroatoms. The summed E-state index contributed by atoms with van der Waals surface area (Å²) in [6, 6.07) is 25.1. The number of phenols is 1. The summed E-state index contributed by atoms with van der Waals surface area (Å²) < 4.78 is 5.82. The lowest BCUT2D eigenvalue weighted by Crippen LogP contribution is -1.97. The predicted octanol–water partition coefficient (Wildman–Crippen LogP) is 7.10. The third-order valence-corrected chi connectivity index (χ3v) is 5.66. The fraction of sp³-hybridized carbons (Fsp3) is 0.0370. The maximum atomic E-state index is 11.5. The van der Waals surface area contributed by atoms with Crippen molar-refractivity contribution in [3.8, 4) is 17.2 Å². The summed E-state index contributed by atoms with van der Waals surface area (Å²) in [7, 11) is 0. The van der Waals surface area contributed by atoms with Crippen molar-refractivity contribution >= 4 is 40.3 Å². The summed E-state index contributed by atoms with van der Waals surface area (Å²) in [5, 5.41) is 22.6. The fourth-order valence-corrected chi connectivity index (χ4v) is 3.95. The molecule has 5 aromatic rings. The third-order valence-electron chi connectivity index (χ3n) is 5.42. The van der Waals surface area contributed by atoms with Gasteiger partial charge in [-0.3, -0.25) is 15.1 Å². The van der Waals surface area contributed by atoms with E-state index in [2.05, 4.69) is 9.98 Å². The Morgan fingerprint density at radius 3 is 2.60 bits per heavy atom. The first-order chi connectivity index (χ1) is 17.0. The molecule has 0 fully saturated rings. The summed E-state index contributed by atoms with van der Waals surface area (Å²) in [6.07, 6.45) is 1.90. The van der Waals surface area contributed by atoms with Crippen molar-refractivity contribution < 1.29 is 14.4 Å². The molecular formula is C27H18ClN3O4. The van der Waals surface area contributed by atoms with Crippen LogP contribution in [0.15, 0.2) is 94.3 Å². The number of nitro groups is 1. The highest BCUT2D eigenvalue weighted by atomic mass is 35.5. The van der Waals surface area contributed by atoms with Crippen LogP contribution in [0.2, 0.25) is 5.02 Å². The van der Waals surface area contributed by atoms with Gasteiger partial charge in [0.2, 0.25) is 11.6 Å². The number of aromatic nitrogens is 1. The average Bonchev–Trinajstić information content (AvgIpc) is 3.28. The highest BCUT2D eigenvalue weighted by Crippen LogP contribution is 2.32. The predicted molar refractivity (Wildman–Crippen MR) is 136 cm³/mol. The molecule has 0 radical (unpaired) electrons. The topological polar surface area (TPSA) is 102 Å². The average molecular weight is 484 g/mol. The quantitative estimate of drug-likeness (QED) is 0.157. The summed E-state index contributed by atoms with van der Waals surface area (Å²) in [6.45, 7) is 0. The van der Waals surface area contributed by atoms with Gasteiger partial charge in [0.25, 0.3) is 0 Å². The highest BCUT2D eigenvalue weighted by molar-refractivity contribution is 6.30. The van der Waals surface area contributed by atoms with E-state index in [1.165, 1.54) is 12.3 Å². The van der Waals surface area contributed by atoms with Crippen LogP contribution in [0.4, 0.5) is 11.4 Å². The summed E-state index contributed by atoms with van der Waals surface area (Å²) in [5.41, 5.74) is 4.08. The standard InChI is InChI=1S/C27H18ClN3O4/c28-21-8-4-7-19(14-21)27-30-23-15-22(9-10-25(23)35-27)29-16-20-12-18(11-17-5-2-1-3-6-17)13-24(26(20)32)31(33)34/h1-10,12-16,32H,11H2. The van der Waals surface area contributed by atoms with E-state index in [-0.39, 0.29) is 11.3 Å². The molecule has 7 nitrogen and oxygen atoms in total. The number of rotatable bonds is 6. The second-order valence-electron chi connectivity index (χ2n) is 7.91. The van der Waals surface area contributed by atoms with Crippen LogP contribution in [0.5, 0.6) is 5.75 Å². The van der Waals surface area contributed by atoms with Crippen LogP contribution in [0.3, 0.4) is 0 Å². The molecule has 0 atom stereocenters. The lowest BCUT2D eigenvalue weighted by molar-refractivity contribution is -0.385. The molecule has 4 aromatic carbocycles. The molecule has 0 unspecified atom stereocenters. The van der Waals surface area contributed by atoms with Gasteiger partial charge in [0, 0.05) is 28.4 Å². The number of hydrogen-bond donors (Lipinski definition) is 1. The van der Waals surface area contributed by atoms with Gasteiger partial charge < -0.3 is 9.52 Å². The van der Waals surface area contributed by atoms with Gasteiger partial charge >= 0.3 is 5.69 Å². The van der Waals surface area contributed by atoms with Gasteiger partial charge in [-0.1, -0.05) is 48.0 Å². The summed E-state index contributed by atoms with van der Waals surface area (Å²) >= 11 is 6.07. The lowest BCUT2D eigenvalue weighted by Gasteiger charge is -2.06. The Morgan fingerprint density at radius 2 is 1.83 bits per heavy atom. The SMILES string of the molecule is O=[N+]([O-])c1cc(Cc2ccccc2)cc(C=Nc2ccc3oc(-c4cccc(Cl)c4)nc3c2)c1O. The maximum Gasteiger partial charge on any atom is 0.311 e. The van der Waals surface area contributed by atoms with Crippen molar-refractivity contribution in [3.63, 3.8) is 0 Å².